The molecular formula is C13H18N2O3. The molecule has 1 aromatic rings. The first-order valence-corrected chi connectivity index (χ1v) is 6.00. The van der Waals surface area contributed by atoms with Crippen molar-refractivity contribution >= 4 is 17.3 Å². The summed E-state index contributed by atoms with van der Waals surface area (Å²) in [6, 6.07) is 3.39. The van der Waals surface area contributed by atoms with Gasteiger partial charge in [0.15, 0.2) is 6.61 Å². The van der Waals surface area contributed by atoms with Gasteiger partial charge in [0.2, 0.25) is 0 Å². The van der Waals surface area contributed by atoms with Crippen LogP contribution in [0.5, 0.6) is 11.5 Å². The highest BCUT2D eigenvalue weighted by molar-refractivity contribution is 5.96. The average Bonchev–Trinajstić information content (AvgIpc) is 2.30. The molecule has 1 aliphatic rings. The van der Waals surface area contributed by atoms with Crippen LogP contribution in [0.25, 0.3) is 0 Å². The molecule has 1 amide bonds. The van der Waals surface area contributed by atoms with Crippen LogP contribution in [0, 0.1) is 5.92 Å². The first-order chi connectivity index (χ1) is 8.47. The van der Waals surface area contributed by atoms with Crippen LogP contribution in [0.3, 0.4) is 0 Å². The van der Waals surface area contributed by atoms with Crippen molar-refractivity contribution in [2.24, 2.45) is 5.92 Å². The molecule has 2 rings (SSSR count). The second kappa shape index (κ2) is 4.76. The van der Waals surface area contributed by atoms with Gasteiger partial charge in [-0.15, -0.1) is 0 Å². The summed E-state index contributed by atoms with van der Waals surface area (Å²) in [6.07, 6.45) is 0.0468. The number of hydrogen-bond donors (Lipinski definition) is 2. The molecule has 1 unspecified atom stereocenters. The van der Waals surface area contributed by atoms with Crippen molar-refractivity contribution in [3.05, 3.63) is 12.1 Å². The van der Waals surface area contributed by atoms with Gasteiger partial charge >= 0.3 is 0 Å². The van der Waals surface area contributed by atoms with Gasteiger partial charge in [-0.25, -0.2) is 0 Å². The molecule has 1 aromatic carbocycles. The third-order valence-corrected chi connectivity index (χ3v) is 3.00. The third-order valence-electron chi connectivity index (χ3n) is 3.00. The fourth-order valence-corrected chi connectivity index (χ4v) is 1.56. The molecule has 0 radical (unpaired) electrons. The zero-order valence-corrected chi connectivity index (χ0v) is 10.8. The Hall–Kier alpha value is -1.91. The number of hydrogen-bond acceptors (Lipinski definition) is 4. The van der Waals surface area contributed by atoms with Crippen LogP contribution >= 0.6 is 0 Å². The topological polar surface area (TPSA) is 73.6 Å². The van der Waals surface area contributed by atoms with Crippen molar-refractivity contribution in [3.63, 3.8) is 0 Å². The van der Waals surface area contributed by atoms with Crippen LogP contribution < -0.4 is 20.5 Å². The van der Waals surface area contributed by atoms with Gasteiger partial charge in [0.25, 0.3) is 5.91 Å². The van der Waals surface area contributed by atoms with Gasteiger partial charge in [0.05, 0.1) is 17.5 Å². The van der Waals surface area contributed by atoms with Gasteiger partial charge in [-0.05, 0) is 12.8 Å². The minimum absolute atomic E-state index is 0.0229. The second-order valence-corrected chi connectivity index (χ2v) is 4.79. The SMILES string of the molecule is CC(C)C(C)Oc1cc2c(cc1N)OCC(=O)N2. The van der Waals surface area contributed by atoms with Crippen LogP contribution in [0.2, 0.25) is 0 Å². The molecule has 0 bridgehead atoms. The predicted molar refractivity (Wildman–Crippen MR) is 69.9 cm³/mol. The summed E-state index contributed by atoms with van der Waals surface area (Å²) < 4.78 is 11.1. The number of nitrogens with two attached hydrogens (primary N) is 1. The lowest BCUT2D eigenvalue weighted by Gasteiger charge is -2.23. The standard InChI is InChI=1S/C13H18N2O3/c1-7(2)8(3)18-11-5-10-12(4-9(11)14)17-6-13(16)15-10/h4-5,7-8H,6,14H2,1-3H3,(H,15,16). The van der Waals surface area contributed by atoms with Gasteiger partial charge in [-0.2, -0.15) is 0 Å². The number of nitrogen functional groups attached to an aromatic ring is 1. The Labute approximate surface area is 106 Å². The predicted octanol–water partition coefficient (Wildman–Crippen LogP) is 2.02. The Morgan fingerprint density at radius 1 is 1.39 bits per heavy atom. The maximum absolute atomic E-state index is 11.2. The summed E-state index contributed by atoms with van der Waals surface area (Å²) in [5.74, 6) is 1.36. The normalized spacial score (nSPS) is 15.7. The van der Waals surface area contributed by atoms with Gasteiger partial charge < -0.3 is 20.5 Å². The van der Waals surface area contributed by atoms with E-state index in [1.807, 2.05) is 6.92 Å². The van der Waals surface area contributed by atoms with E-state index < -0.39 is 0 Å². The second-order valence-electron chi connectivity index (χ2n) is 4.79. The van der Waals surface area contributed by atoms with E-state index in [-0.39, 0.29) is 18.6 Å². The number of carbonyl (C=O) groups excluding carboxylic acids is 1. The summed E-state index contributed by atoms with van der Waals surface area (Å²) in [6.45, 7) is 6.15. The van der Waals surface area contributed by atoms with Crippen molar-refractivity contribution in [1.29, 1.82) is 0 Å². The summed E-state index contributed by atoms with van der Waals surface area (Å²) in [4.78, 5) is 11.2. The smallest absolute Gasteiger partial charge is 0.262 e. The summed E-state index contributed by atoms with van der Waals surface area (Å²) >= 11 is 0. The van der Waals surface area contributed by atoms with Gasteiger partial charge in [0.1, 0.15) is 11.5 Å². The third kappa shape index (κ3) is 2.50. The lowest BCUT2D eigenvalue weighted by atomic mass is 10.1. The van der Waals surface area contributed by atoms with Crippen LogP contribution in [0.15, 0.2) is 12.1 Å². The molecule has 98 valence electrons. The van der Waals surface area contributed by atoms with E-state index in [9.17, 15) is 4.79 Å². The van der Waals surface area contributed by atoms with E-state index in [0.717, 1.165) is 0 Å². The number of nitrogens with one attached hydrogen (secondary N) is 1. The average molecular weight is 250 g/mol. The Morgan fingerprint density at radius 3 is 2.78 bits per heavy atom. The largest absolute Gasteiger partial charge is 0.488 e. The molecule has 3 N–H and O–H groups in total. The molecule has 1 heterocycles. The molecule has 0 aliphatic carbocycles. The Kier molecular flexibility index (Phi) is 3.32. The fraction of sp³-hybridized carbons (Fsp3) is 0.462. The summed E-state index contributed by atoms with van der Waals surface area (Å²) in [7, 11) is 0. The minimum Gasteiger partial charge on any atom is -0.488 e. The molecule has 18 heavy (non-hydrogen) atoms. The van der Waals surface area contributed by atoms with Crippen LogP contribution in [-0.4, -0.2) is 18.6 Å². The van der Waals surface area contributed by atoms with Crippen molar-refractivity contribution in [2.45, 2.75) is 26.9 Å². The maximum Gasteiger partial charge on any atom is 0.262 e. The first-order valence-electron chi connectivity index (χ1n) is 6.00. The Balaban J connectivity index is 2.26. The van der Waals surface area contributed by atoms with Crippen LogP contribution in [-0.2, 0) is 4.79 Å². The number of anilines is 2. The first kappa shape index (κ1) is 12.5. The van der Waals surface area contributed by atoms with E-state index in [4.69, 9.17) is 15.2 Å². The van der Waals surface area contributed by atoms with Crippen molar-refractivity contribution < 1.29 is 14.3 Å². The zero-order chi connectivity index (χ0) is 13.3. The highest BCUT2D eigenvalue weighted by atomic mass is 16.5. The van der Waals surface area contributed by atoms with E-state index in [1.54, 1.807) is 12.1 Å². The molecule has 1 atom stereocenters. The molecule has 0 aromatic heterocycles. The lowest BCUT2D eigenvalue weighted by Crippen LogP contribution is -2.26. The molecule has 0 fully saturated rings. The van der Waals surface area contributed by atoms with Crippen molar-refractivity contribution in [2.75, 3.05) is 17.7 Å². The number of rotatable bonds is 3. The zero-order valence-electron chi connectivity index (χ0n) is 10.8. The number of carbonyl (C=O) groups is 1. The molecule has 0 spiro atoms. The molecule has 1 aliphatic heterocycles. The summed E-state index contributed by atoms with van der Waals surface area (Å²) in [5.41, 5.74) is 7.02. The molecule has 5 heteroatoms. The minimum atomic E-state index is -0.171. The van der Waals surface area contributed by atoms with Crippen molar-refractivity contribution in [1.82, 2.24) is 0 Å². The molecule has 5 nitrogen and oxygen atoms in total. The van der Waals surface area contributed by atoms with Gasteiger partial charge in [-0.3, -0.25) is 4.79 Å². The molecule has 0 saturated carbocycles. The highest BCUT2D eigenvalue weighted by Crippen LogP contribution is 2.37. The lowest BCUT2D eigenvalue weighted by molar-refractivity contribution is -0.118. The Morgan fingerprint density at radius 2 is 2.11 bits per heavy atom. The Bertz CT molecular complexity index is 472. The van der Waals surface area contributed by atoms with E-state index in [2.05, 4.69) is 19.2 Å². The fourth-order valence-electron chi connectivity index (χ4n) is 1.56. The maximum atomic E-state index is 11.2. The summed E-state index contributed by atoms with van der Waals surface area (Å²) in [5, 5.41) is 2.73. The van der Waals surface area contributed by atoms with Gasteiger partial charge in [0, 0.05) is 12.1 Å². The van der Waals surface area contributed by atoms with E-state index >= 15 is 0 Å². The van der Waals surface area contributed by atoms with E-state index in [0.29, 0.717) is 28.8 Å². The quantitative estimate of drug-likeness (QED) is 0.805. The molecule has 0 saturated heterocycles. The number of amides is 1. The number of benzene rings is 1. The monoisotopic (exact) mass is 250 g/mol. The van der Waals surface area contributed by atoms with E-state index in [1.165, 1.54) is 0 Å². The number of fused-ring (bicyclic) bond motifs is 1. The van der Waals surface area contributed by atoms with Crippen LogP contribution in [0.1, 0.15) is 20.8 Å². The van der Waals surface area contributed by atoms with Crippen molar-refractivity contribution in [3.8, 4) is 11.5 Å². The molecular weight excluding hydrogens is 232 g/mol. The van der Waals surface area contributed by atoms with Crippen LogP contribution in [0.4, 0.5) is 11.4 Å². The number of ether oxygens (including phenoxy) is 2. The highest BCUT2D eigenvalue weighted by Gasteiger charge is 2.19. The van der Waals surface area contributed by atoms with Gasteiger partial charge in [-0.1, -0.05) is 13.8 Å².